The average molecular weight is 457 g/mol. The molecule has 13 heteroatoms. The predicted molar refractivity (Wildman–Crippen MR) is 107 cm³/mol. The molecule has 0 aromatic rings. The lowest BCUT2D eigenvalue weighted by Gasteiger charge is -2.39. The highest BCUT2D eigenvalue weighted by Gasteiger charge is 2.53. The molecule has 9 nitrogen and oxygen atoms in total. The third kappa shape index (κ3) is 10.9. The van der Waals surface area contributed by atoms with Gasteiger partial charge in [-0.1, -0.05) is 6.92 Å². The van der Waals surface area contributed by atoms with Gasteiger partial charge in [-0.15, -0.1) is 0 Å². The summed E-state index contributed by atoms with van der Waals surface area (Å²) >= 11 is 0. The quantitative estimate of drug-likeness (QED) is 0.458. The molecule has 0 aliphatic rings. The van der Waals surface area contributed by atoms with E-state index in [0.29, 0.717) is 0 Å². The molecule has 0 unspecified atom stereocenters. The van der Waals surface area contributed by atoms with Crippen molar-refractivity contribution in [2.45, 2.75) is 73.0 Å². The van der Waals surface area contributed by atoms with Crippen LogP contribution in [0.1, 0.15) is 27.7 Å². The Kier molecular flexibility index (Phi) is 9.28. The fourth-order valence-corrected chi connectivity index (χ4v) is 19.2. The summed E-state index contributed by atoms with van der Waals surface area (Å²) in [6.45, 7) is 16.2. The van der Waals surface area contributed by atoms with E-state index in [9.17, 15) is 14.4 Å². The predicted octanol–water partition coefficient (Wildman–Crippen LogP) is 2.79. The zero-order chi connectivity index (χ0) is 21.7. The second kappa shape index (κ2) is 9.58. The minimum absolute atomic E-state index is 0.225. The number of hydrogen-bond donors (Lipinski definition) is 0. The second-order valence-corrected chi connectivity index (χ2v) is 20.9. The van der Waals surface area contributed by atoms with Crippen LogP contribution in [0.25, 0.3) is 0 Å². The van der Waals surface area contributed by atoms with E-state index >= 15 is 0 Å². The Morgan fingerprint density at radius 1 is 0.593 bits per heavy atom. The van der Waals surface area contributed by atoms with Crippen LogP contribution >= 0.6 is 0 Å². The van der Waals surface area contributed by atoms with Gasteiger partial charge in [0.05, 0.1) is 0 Å². The van der Waals surface area contributed by atoms with E-state index in [1.165, 1.54) is 20.8 Å². The molecular formula is C14H32O9Si4. The summed E-state index contributed by atoms with van der Waals surface area (Å²) < 4.78 is 34.2. The van der Waals surface area contributed by atoms with E-state index in [1.807, 2.05) is 13.1 Å². The van der Waals surface area contributed by atoms with Gasteiger partial charge >= 0.3 is 34.5 Å². The first-order valence-electron chi connectivity index (χ1n) is 8.62. The van der Waals surface area contributed by atoms with Gasteiger partial charge in [-0.3, -0.25) is 14.4 Å². The van der Waals surface area contributed by atoms with Gasteiger partial charge in [-0.2, -0.15) is 0 Å². The van der Waals surface area contributed by atoms with E-state index in [2.05, 4.69) is 0 Å². The average Bonchev–Trinajstić information content (AvgIpc) is 2.30. The van der Waals surface area contributed by atoms with Crippen LogP contribution in [0, 0.1) is 0 Å². The summed E-state index contributed by atoms with van der Waals surface area (Å²) in [6, 6.07) is 0.225. The topological polar surface area (TPSA) is 107 Å². The van der Waals surface area contributed by atoms with Gasteiger partial charge in [0.15, 0.2) is 0 Å². The standard InChI is InChI=1S/C14H32O9Si4/c1-11-27(19-13(3)16,20-14(4)17)23-26(9,10)22-25(7,8)21-24(5,6)18-12(2)15/h11H2,1-10H3. The van der Waals surface area contributed by atoms with Gasteiger partial charge in [-0.05, 0) is 39.3 Å². The van der Waals surface area contributed by atoms with Crippen LogP contribution in [0.4, 0.5) is 0 Å². The lowest BCUT2D eigenvalue weighted by Crippen LogP contribution is -2.60. The maximum absolute atomic E-state index is 11.5. The fraction of sp³-hybridized carbons (Fsp3) is 0.786. The first-order valence-corrected chi connectivity index (χ1v) is 19.0. The highest BCUT2D eigenvalue weighted by atomic mass is 28.5. The molecule has 0 aromatic carbocycles. The third-order valence-corrected chi connectivity index (χ3v) is 16.7. The van der Waals surface area contributed by atoms with Crippen LogP contribution in [0.15, 0.2) is 0 Å². The fourth-order valence-electron chi connectivity index (χ4n) is 2.68. The summed E-state index contributed by atoms with van der Waals surface area (Å²) in [5.41, 5.74) is 0. The van der Waals surface area contributed by atoms with Crippen molar-refractivity contribution in [3.05, 3.63) is 0 Å². The lowest BCUT2D eigenvalue weighted by molar-refractivity contribution is -0.141. The molecule has 0 spiro atoms. The number of carbonyl (C=O) groups excluding carboxylic acids is 3. The summed E-state index contributed by atoms with van der Waals surface area (Å²) in [6.07, 6.45) is 0. The summed E-state index contributed by atoms with van der Waals surface area (Å²) in [7, 11) is -12.0. The first kappa shape index (κ1) is 26.2. The summed E-state index contributed by atoms with van der Waals surface area (Å²) in [5.74, 6) is -1.59. The van der Waals surface area contributed by atoms with Crippen molar-refractivity contribution in [2.24, 2.45) is 0 Å². The Bertz CT molecular complexity index is 547. The molecule has 0 saturated heterocycles. The smallest absolute Gasteiger partial charge is 0.495 e. The summed E-state index contributed by atoms with van der Waals surface area (Å²) in [5, 5.41) is 0. The molecule has 0 aliphatic heterocycles. The zero-order valence-corrected chi connectivity index (χ0v) is 21.9. The van der Waals surface area contributed by atoms with Crippen molar-refractivity contribution in [3.63, 3.8) is 0 Å². The normalized spacial score (nSPS) is 13.1. The van der Waals surface area contributed by atoms with Crippen molar-refractivity contribution in [3.8, 4) is 0 Å². The Morgan fingerprint density at radius 3 is 1.26 bits per heavy atom. The van der Waals surface area contributed by atoms with Crippen molar-refractivity contribution in [2.75, 3.05) is 0 Å². The van der Waals surface area contributed by atoms with Crippen LogP contribution in [0.3, 0.4) is 0 Å². The molecule has 0 aromatic heterocycles. The van der Waals surface area contributed by atoms with Gasteiger partial charge in [0.25, 0.3) is 17.9 Å². The van der Waals surface area contributed by atoms with E-state index in [4.69, 9.17) is 25.6 Å². The molecule has 27 heavy (non-hydrogen) atoms. The molecule has 0 aliphatic carbocycles. The van der Waals surface area contributed by atoms with Crippen molar-refractivity contribution in [1.29, 1.82) is 0 Å². The molecule has 0 radical (unpaired) electrons. The molecule has 0 amide bonds. The molecule has 0 heterocycles. The molecule has 0 rings (SSSR count). The van der Waals surface area contributed by atoms with Crippen LogP contribution < -0.4 is 0 Å². The van der Waals surface area contributed by atoms with Gasteiger partial charge in [0.1, 0.15) is 0 Å². The van der Waals surface area contributed by atoms with E-state index < -0.39 is 52.4 Å². The van der Waals surface area contributed by atoms with Crippen molar-refractivity contribution < 1.29 is 40.0 Å². The van der Waals surface area contributed by atoms with Crippen molar-refractivity contribution in [1.82, 2.24) is 0 Å². The third-order valence-electron chi connectivity index (χ3n) is 2.81. The molecule has 0 bridgehead atoms. The minimum Gasteiger partial charge on any atom is -0.495 e. The minimum atomic E-state index is -3.59. The van der Waals surface area contributed by atoms with E-state index in [0.717, 1.165) is 0 Å². The zero-order valence-electron chi connectivity index (χ0n) is 17.9. The first-order chi connectivity index (χ1) is 11.9. The van der Waals surface area contributed by atoms with Crippen LogP contribution in [-0.4, -0.2) is 52.4 Å². The van der Waals surface area contributed by atoms with Gasteiger partial charge in [0.2, 0.25) is 0 Å². The Balaban J connectivity index is 5.42. The van der Waals surface area contributed by atoms with Crippen LogP contribution in [0.5, 0.6) is 0 Å². The number of carbonyl (C=O) groups is 3. The molecule has 0 atom stereocenters. The highest BCUT2D eigenvalue weighted by molar-refractivity contribution is 6.87. The maximum atomic E-state index is 11.5. The molecule has 158 valence electrons. The van der Waals surface area contributed by atoms with Crippen LogP contribution in [-0.2, 0) is 40.0 Å². The second-order valence-electron chi connectivity index (χ2n) is 7.32. The van der Waals surface area contributed by atoms with E-state index in [1.54, 1.807) is 33.1 Å². The Hall–Kier alpha value is -0.842. The number of hydrogen-bond acceptors (Lipinski definition) is 9. The van der Waals surface area contributed by atoms with E-state index in [-0.39, 0.29) is 6.04 Å². The van der Waals surface area contributed by atoms with Gasteiger partial charge in [-0.25, -0.2) is 0 Å². The molecule has 0 saturated carbocycles. The van der Waals surface area contributed by atoms with Gasteiger partial charge in [0, 0.05) is 26.8 Å². The van der Waals surface area contributed by atoms with Crippen LogP contribution in [0.2, 0.25) is 45.3 Å². The largest absolute Gasteiger partial charge is 0.626 e. The SMILES string of the molecule is CC[Si](OC(C)=O)(OC(C)=O)O[Si](C)(C)O[Si](C)(C)O[Si](C)(C)OC(C)=O. The highest BCUT2D eigenvalue weighted by Crippen LogP contribution is 2.27. The van der Waals surface area contributed by atoms with Crippen molar-refractivity contribution >= 4 is 52.4 Å². The Labute approximate surface area is 165 Å². The molecule has 0 fully saturated rings. The Morgan fingerprint density at radius 2 is 0.926 bits per heavy atom. The lowest BCUT2D eigenvalue weighted by atomic mass is 10.9. The maximum Gasteiger partial charge on any atom is 0.626 e. The molecular weight excluding hydrogens is 424 g/mol. The monoisotopic (exact) mass is 456 g/mol. The number of rotatable bonds is 10. The summed E-state index contributed by atoms with van der Waals surface area (Å²) in [4.78, 5) is 34.3. The molecule has 0 N–H and O–H groups in total. The van der Waals surface area contributed by atoms with Gasteiger partial charge < -0.3 is 25.6 Å².